The predicted molar refractivity (Wildman–Crippen MR) is 53.9 cm³/mol. The first-order valence-electron chi connectivity index (χ1n) is 5.40. The van der Waals surface area contributed by atoms with Gasteiger partial charge in [0.15, 0.2) is 0 Å². The molecule has 0 saturated heterocycles. The van der Waals surface area contributed by atoms with Crippen LogP contribution in [0.25, 0.3) is 0 Å². The van der Waals surface area contributed by atoms with Crippen molar-refractivity contribution in [2.24, 2.45) is 29.4 Å². The van der Waals surface area contributed by atoms with Crippen LogP contribution in [-0.4, -0.2) is 6.54 Å². The summed E-state index contributed by atoms with van der Waals surface area (Å²) in [7, 11) is 0. The minimum Gasteiger partial charge on any atom is -0.330 e. The molecule has 0 radical (unpaired) electrons. The second kappa shape index (κ2) is 4.27. The number of nitrogens with two attached hydrogens (primary N) is 1. The summed E-state index contributed by atoms with van der Waals surface area (Å²) >= 11 is 0. The summed E-state index contributed by atoms with van der Waals surface area (Å²) in [6, 6.07) is 0. The molecule has 0 aromatic rings. The van der Waals surface area contributed by atoms with Crippen LogP contribution in [0.2, 0.25) is 0 Å². The minimum atomic E-state index is 0.794. The highest BCUT2D eigenvalue weighted by Crippen LogP contribution is 2.39. The smallest absolute Gasteiger partial charge is 0.00462 e. The van der Waals surface area contributed by atoms with Crippen molar-refractivity contribution < 1.29 is 0 Å². The first-order valence-corrected chi connectivity index (χ1v) is 5.40. The fourth-order valence-electron chi connectivity index (χ4n) is 2.72. The average molecular weight is 169 g/mol. The van der Waals surface area contributed by atoms with Crippen LogP contribution in [0.4, 0.5) is 0 Å². The van der Waals surface area contributed by atoms with Gasteiger partial charge in [0.1, 0.15) is 0 Å². The normalized spacial score (nSPS) is 43.0. The van der Waals surface area contributed by atoms with Gasteiger partial charge in [0.2, 0.25) is 0 Å². The highest BCUT2D eigenvalue weighted by molar-refractivity contribution is 4.82. The van der Waals surface area contributed by atoms with Crippen LogP contribution in [0.1, 0.15) is 40.0 Å². The maximum Gasteiger partial charge on any atom is -0.00462 e. The summed E-state index contributed by atoms with van der Waals surface area (Å²) in [4.78, 5) is 0. The molecule has 4 unspecified atom stereocenters. The van der Waals surface area contributed by atoms with Crippen LogP contribution in [-0.2, 0) is 0 Å². The second-order valence-electron chi connectivity index (χ2n) is 4.46. The van der Waals surface area contributed by atoms with E-state index in [1.165, 1.54) is 19.3 Å². The molecule has 1 aliphatic carbocycles. The third-order valence-electron chi connectivity index (χ3n) is 4.05. The van der Waals surface area contributed by atoms with Gasteiger partial charge in [-0.05, 0) is 43.1 Å². The molecule has 1 aliphatic rings. The third-order valence-corrected chi connectivity index (χ3v) is 4.05. The Balaban J connectivity index is 2.52. The van der Waals surface area contributed by atoms with E-state index in [-0.39, 0.29) is 0 Å². The molecule has 72 valence electrons. The SMILES string of the molecule is CCC1CCC(CN)C(C)C1C. The number of hydrogen-bond acceptors (Lipinski definition) is 1. The van der Waals surface area contributed by atoms with Gasteiger partial charge in [-0.15, -0.1) is 0 Å². The number of hydrogen-bond donors (Lipinski definition) is 1. The van der Waals surface area contributed by atoms with Gasteiger partial charge in [-0.3, -0.25) is 0 Å². The van der Waals surface area contributed by atoms with Crippen molar-refractivity contribution in [3.05, 3.63) is 0 Å². The molecule has 1 rings (SSSR count). The highest BCUT2D eigenvalue weighted by Gasteiger charge is 2.31. The maximum atomic E-state index is 5.74. The largest absolute Gasteiger partial charge is 0.330 e. The maximum absolute atomic E-state index is 5.74. The minimum absolute atomic E-state index is 0.794. The highest BCUT2D eigenvalue weighted by atomic mass is 14.6. The molecule has 1 heteroatoms. The van der Waals surface area contributed by atoms with Crippen molar-refractivity contribution in [3.63, 3.8) is 0 Å². The van der Waals surface area contributed by atoms with Crippen molar-refractivity contribution in [2.75, 3.05) is 6.54 Å². The second-order valence-corrected chi connectivity index (χ2v) is 4.46. The molecule has 0 amide bonds. The first kappa shape index (κ1) is 10.0. The summed E-state index contributed by atoms with van der Waals surface area (Å²) in [5, 5.41) is 0. The van der Waals surface area contributed by atoms with Crippen molar-refractivity contribution in [2.45, 2.75) is 40.0 Å². The summed E-state index contributed by atoms with van der Waals surface area (Å²) < 4.78 is 0. The molecular formula is C11H23N. The fraction of sp³-hybridized carbons (Fsp3) is 1.00. The molecule has 1 nitrogen and oxygen atoms in total. The molecule has 2 N–H and O–H groups in total. The van der Waals surface area contributed by atoms with Crippen molar-refractivity contribution in [3.8, 4) is 0 Å². The molecule has 0 bridgehead atoms. The van der Waals surface area contributed by atoms with Crippen molar-refractivity contribution in [1.82, 2.24) is 0 Å². The Morgan fingerprint density at radius 1 is 1.08 bits per heavy atom. The van der Waals surface area contributed by atoms with E-state index in [1.54, 1.807) is 0 Å². The van der Waals surface area contributed by atoms with Gasteiger partial charge in [0.25, 0.3) is 0 Å². The summed E-state index contributed by atoms with van der Waals surface area (Å²) in [5.74, 6) is 3.48. The van der Waals surface area contributed by atoms with E-state index >= 15 is 0 Å². The number of rotatable bonds is 2. The van der Waals surface area contributed by atoms with Gasteiger partial charge < -0.3 is 5.73 Å². The van der Waals surface area contributed by atoms with E-state index < -0.39 is 0 Å². The van der Waals surface area contributed by atoms with Crippen molar-refractivity contribution in [1.29, 1.82) is 0 Å². The van der Waals surface area contributed by atoms with Gasteiger partial charge in [0, 0.05) is 0 Å². The molecule has 4 atom stereocenters. The van der Waals surface area contributed by atoms with Crippen LogP contribution in [0.15, 0.2) is 0 Å². The molecule has 0 heterocycles. The Morgan fingerprint density at radius 2 is 1.58 bits per heavy atom. The van der Waals surface area contributed by atoms with Crippen LogP contribution < -0.4 is 5.73 Å². The van der Waals surface area contributed by atoms with E-state index in [0.717, 1.165) is 30.2 Å². The quantitative estimate of drug-likeness (QED) is 0.675. The van der Waals surface area contributed by atoms with Gasteiger partial charge in [-0.25, -0.2) is 0 Å². The Kier molecular flexibility index (Phi) is 3.57. The third kappa shape index (κ3) is 1.82. The zero-order chi connectivity index (χ0) is 9.14. The standard InChI is InChI=1S/C11H23N/c1-4-10-5-6-11(7-12)9(3)8(10)2/h8-11H,4-7,12H2,1-3H3. The first-order chi connectivity index (χ1) is 5.70. The summed E-state index contributed by atoms with van der Waals surface area (Å²) in [6.45, 7) is 7.99. The Bertz CT molecular complexity index is 117. The van der Waals surface area contributed by atoms with E-state index in [4.69, 9.17) is 5.73 Å². The van der Waals surface area contributed by atoms with E-state index in [0.29, 0.717) is 0 Å². The van der Waals surface area contributed by atoms with Crippen LogP contribution in [0, 0.1) is 23.7 Å². The molecular weight excluding hydrogens is 146 g/mol. The van der Waals surface area contributed by atoms with E-state index in [2.05, 4.69) is 20.8 Å². The van der Waals surface area contributed by atoms with Crippen LogP contribution >= 0.6 is 0 Å². The molecule has 0 aromatic heterocycles. The Hall–Kier alpha value is -0.0400. The summed E-state index contributed by atoms with van der Waals surface area (Å²) in [5.41, 5.74) is 5.74. The van der Waals surface area contributed by atoms with Crippen LogP contribution in [0.3, 0.4) is 0 Å². The molecule has 1 saturated carbocycles. The van der Waals surface area contributed by atoms with Gasteiger partial charge >= 0.3 is 0 Å². The topological polar surface area (TPSA) is 26.0 Å². The molecule has 0 spiro atoms. The van der Waals surface area contributed by atoms with Crippen LogP contribution in [0.5, 0.6) is 0 Å². The van der Waals surface area contributed by atoms with Gasteiger partial charge in [-0.1, -0.05) is 27.2 Å². The zero-order valence-corrected chi connectivity index (χ0v) is 8.72. The van der Waals surface area contributed by atoms with E-state index in [1.807, 2.05) is 0 Å². The van der Waals surface area contributed by atoms with Gasteiger partial charge in [-0.2, -0.15) is 0 Å². The molecule has 0 aromatic carbocycles. The summed E-state index contributed by atoms with van der Waals surface area (Å²) in [6.07, 6.45) is 4.12. The molecule has 12 heavy (non-hydrogen) atoms. The predicted octanol–water partition coefficient (Wildman–Crippen LogP) is 2.65. The lowest BCUT2D eigenvalue weighted by Gasteiger charge is -2.39. The Labute approximate surface area is 76.7 Å². The lowest BCUT2D eigenvalue weighted by molar-refractivity contribution is 0.117. The average Bonchev–Trinajstić information content (AvgIpc) is 2.10. The lowest BCUT2D eigenvalue weighted by Crippen LogP contribution is -2.34. The zero-order valence-electron chi connectivity index (χ0n) is 8.72. The fourth-order valence-corrected chi connectivity index (χ4v) is 2.72. The lowest BCUT2D eigenvalue weighted by atomic mass is 9.67. The molecule has 0 aliphatic heterocycles. The van der Waals surface area contributed by atoms with E-state index in [9.17, 15) is 0 Å². The van der Waals surface area contributed by atoms with Gasteiger partial charge in [0.05, 0.1) is 0 Å². The Morgan fingerprint density at radius 3 is 2.08 bits per heavy atom. The molecule has 1 fully saturated rings. The van der Waals surface area contributed by atoms with Crippen molar-refractivity contribution >= 4 is 0 Å². The monoisotopic (exact) mass is 169 g/mol.